The van der Waals surface area contributed by atoms with Crippen molar-refractivity contribution in [2.45, 2.75) is 0 Å². The molecule has 4 nitrogen and oxygen atoms in total. The fraction of sp³-hybridized carbons (Fsp3) is 0.125. The lowest BCUT2D eigenvalue weighted by atomic mass is 10.3. The van der Waals surface area contributed by atoms with Gasteiger partial charge in [-0.2, -0.15) is 0 Å². The molecule has 1 amide bonds. The Balaban J connectivity index is 2.54. The zero-order valence-corrected chi connectivity index (χ0v) is 8.82. The first-order valence-corrected chi connectivity index (χ1v) is 4.62. The second-order valence-electron chi connectivity index (χ2n) is 2.27. The van der Waals surface area contributed by atoms with Gasteiger partial charge in [0.05, 0.1) is 22.9 Å². The molecule has 0 aliphatic heterocycles. The third-order valence-corrected chi connectivity index (χ3v) is 1.93. The van der Waals surface area contributed by atoms with Gasteiger partial charge in [0.25, 0.3) is 5.91 Å². The van der Waals surface area contributed by atoms with E-state index in [1.807, 2.05) is 0 Å². The van der Waals surface area contributed by atoms with E-state index in [0.717, 1.165) is 0 Å². The van der Waals surface area contributed by atoms with E-state index in [0.29, 0.717) is 5.75 Å². The van der Waals surface area contributed by atoms with E-state index in [9.17, 15) is 9.90 Å². The fourth-order valence-electron chi connectivity index (χ4n) is 0.750. The highest BCUT2D eigenvalue weighted by Crippen LogP contribution is 2.23. The van der Waals surface area contributed by atoms with Gasteiger partial charge >= 0.3 is 0 Å². The highest BCUT2D eigenvalue weighted by molar-refractivity contribution is 14.1. The van der Waals surface area contributed by atoms with E-state index in [1.165, 1.54) is 6.07 Å². The van der Waals surface area contributed by atoms with Crippen molar-refractivity contribution in [2.24, 2.45) is 0 Å². The molecule has 0 bridgehead atoms. The van der Waals surface area contributed by atoms with Gasteiger partial charge in [-0.1, -0.05) is 12.1 Å². The van der Waals surface area contributed by atoms with Crippen LogP contribution in [0, 0.1) is 0 Å². The Bertz CT molecular complexity index is 303. The lowest BCUT2D eigenvalue weighted by Gasteiger charge is -2.05. The molecule has 0 saturated heterocycles. The number of halogens is 1. The van der Waals surface area contributed by atoms with Crippen LogP contribution in [-0.2, 0) is 4.79 Å². The Morgan fingerprint density at radius 2 is 2.23 bits per heavy atom. The predicted octanol–water partition coefficient (Wildman–Crippen LogP) is 1.24. The van der Waals surface area contributed by atoms with Gasteiger partial charge in [-0.15, -0.1) is 0 Å². The number of benzene rings is 1. The minimum atomic E-state index is -0.246. The fourth-order valence-corrected chi connectivity index (χ4v) is 0.906. The van der Waals surface area contributed by atoms with Crippen molar-refractivity contribution in [3.63, 3.8) is 0 Å². The summed E-state index contributed by atoms with van der Waals surface area (Å²) in [5, 5.41) is 9.24. The van der Waals surface area contributed by atoms with Crippen LogP contribution in [0.25, 0.3) is 0 Å². The smallest absolute Gasteiger partial charge is 0.266 e. The molecule has 70 valence electrons. The van der Waals surface area contributed by atoms with Crippen LogP contribution in [0.15, 0.2) is 24.3 Å². The summed E-state index contributed by atoms with van der Waals surface area (Å²) in [6, 6.07) is 6.49. The maximum atomic E-state index is 10.8. The van der Waals surface area contributed by atoms with Crippen molar-refractivity contribution in [3.8, 4) is 11.5 Å². The molecule has 5 heteroatoms. The average molecular weight is 293 g/mol. The number of nitrogens with one attached hydrogen (secondary N) is 1. The van der Waals surface area contributed by atoms with Crippen LogP contribution in [0.4, 0.5) is 0 Å². The van der Waals surface area contributed by atoms with Crippen molar-refractivity contribution in [2.75, 3.05) is 6.61 Å². The second kappa shape index (κ2) is 4.90. The minimum Gasteiger partial charge on any atom is -0.504 e. The molecule has 1 aromatic carbocycles. The van der Waals surface area contributed by atoms with Gasteiger partial charge in [0.15, 0.2) is 18.1 Å². The van der Waals surface area contributed by atoms with Crippen LogP contribution in [0.3, 0.4) is 0 Å². The number of rotatable bonds is 3. The van der Waals surface area contributed by atoms with Crippen LogP contribution >= 0.6 is 22.9 Å². The first-order valence-electron chi connectivity index (χ1n) is 3.54. The lowest BCUT2D eigenvalue weighted by molar-refractivity contribution is -0.120. The summed E-state index contributed by atoms with van der Waals surface area (Å²) in [6.45, 7) is -0.0967. The van der Waals surface area contributed by atoms with Crippen LogP contribution in [0.1, 0.15) is 0 Å². The van der Waals surface area contributed by atoms with E-state index >= 15 is 0 Å². The molecule has 0 aliphatic carbocycles. The molecule has 0 heterocycles. The summed E-state index contributed by atoms with van der Waals surface area (Å²) in [5.74, 6) is 0.0927. The maximum Gasteiger partial charge on any atom is 0.266 e. The van der Waals surface area contributed by atoms with Crippen molar-refractivity contribution in [1.82, 2.24) is 3.53 Å². The third-order valence-electron chi connectivity index (χ3n) is 1.33. The maximum absolute atomic E-state index is 10.8. The number of ether oxygens (including phenoxy) is 1. The summed E-state index contributed by atoms with van der Waals surface area (Å²) < 4.78 is 7.40. The minimum absolute atomic E-state index is 0.0313. The molecule has 0 spiro atoms. The Morgan fingerprint density at radius 1 is 1.54 bits per heavy atom. The monoisotopic (exact) mass is 293 g/mol. The SMILES string of the molecule is O=C(COc1ccccc1O)NI. The lowest BCUT2D eigenvalue weighted by Crippen LogP contribution is -2.20. The zero-order chi connectivity index (χ0) is 9.68. The van der Waals surface area contributed by atoms with Crippen molar-refractivity contribution < 1.29 is 14.6 Å². The Hall–Kier alpha value is -0.980. The van der Waals surface area contributed by atoms with Gasteiger partial charge in [0.1, 0.15) is 0 Å². The van der Waals surface area contributed by atoms with Crippen molar-refractivity contribution in [1.29, 1.82) is 0 Å². The molecule has 0 radical (unpaired) electrons. The topological polar surface area (TPSA) is 58.6 Å². The number of amides is 1. The number of phenols is 1. The highest BCUT2D eigenvalue weighted by atomic mass is 127. The zero-order valence-electron chi connectivity index (χ0n) is 6.66. The van der Waals surface area contributed by atoms with E-state index in [2.05, 4.69) is 3.53 Å². The molecular formula is C8H8INO3. The molecule has 0 saturated carbocycles. The molecule has 2 N–H and O–H groups in total. The molecule has 0 fully saturated rings. The van der Waals surface area contributed by atoms with Crippen LogP contribution < -0.4 is 8.27 Å². The number of carbonyl (C=O) groups excluding carboxylic acids is 1. The predicted molar refractivity (Wildman–Crippen MR) is 55.8 cm³/mol. The van der Waals surface area contributed by atoms with Crippen molar-refractivity contribution in [3.05, 3.63) is 24.3 Å². The molecule has 0 aliphatic rings. The number of hydrogen-bond acceptors (Lipinski definition) is 3. The Morgan fingerprint density at radius 3 is 2.85 bits per heavy atom. The largest absolute Gasteiger partial charge is 0.504 e. The third kappa shape index (κ3) is 3.10. The van der Waals surface area contributed by atoms with E-state index < -0.39 is 0 Å². The summed E-state index contributed by atoms with van der Waals surface area (Å²) in [4.78, 5) is 10.8. The van der Waals surface area contributed by atoms with Crippen LogP contribution in [0.2, 0.25) is 0 Å². The summed E-state index contributed by atoms with van der Waals surface area (Å²) >= 11 is 1.72. The van der Waals surface area contributed by atoms with Gasteiger partial charge in [0, 0.05) is 0 Å². The molecule has 0 aromatic heterocycles. The first kappa shape index (κ1) is 10.1. The summed E-state index contributed by atoms with van der Waals surface area (Å²) in [7, 11) is 0. The second-order valence-corrected chi connectivity index (χ2v) is 2.81. The summed E-state index contributed by atoms with van der Waals surface area (Å²) in [5.41, 5.74) is 0. The quantitative estimate of drug-likeness (QED) is 0.651. The highest BCUT2D eigenvalue weighted by Gasteiger charge is 2.03. The van der Waals surface area contributed by atoms with Crippen LogP contribution in [-0.4, -0.2) is 17.6 Å². The average Bonchev–Trinajstić information content (AvgIpc) is 2.16. The number of aromatic hydroxyl groups is 1. The van der Waals surface area contributed by atoms with Gasteiger partial charge in [0.2, 0.25) is 0 Å². The number of carbonyl (C=O) groups is 1. The molecule has 0 atom stereocenters. The Labute approximate surface area is 89.4 Å². The summed E-state index contributed by atoms with van der Waals surface area (Å²) in [6.07, 6.45) is 0. The van der Waals surface area contributed by atoms with Gasteiger partial charge in [-0.25, -0.2) is 0 Å². The van der Waals surface area contributed by atoms with E-state index in [-0.39, 0.29) is 18.3 Å². The number of para-hydroxylation sites is 2. The van der Waals surface area contributed by atoms with Gasteiger partial charge in [-0.05, 0) is 12.1 Å². The van der Waals surface area contributed by atoms with Crippen molar-refractivity contribution >= 4 is 28.8 Å². The standard InChI is InChI=1S/C8H8INO3/c9-10-8(12)5-13-7-4-2-1-3-6(7)11/h1-4,11H,5H2,(H,10,12). The molecule has 0 unspecified atom stereocenters. The first-order chi connectivity index (χ1) is 6.24. The Kier molecular flexibility index (Phi) is 3.81. The molecule has 13 heavy (non-hydrogen) atoms. The van der Waals surface area contributed by atoms with Crippen LogP contribution in [0.5, 0.6) is 11.5 Å². The van der Waals surface area contributed by atoms with Gasteiger partial charge in [-0.3, -0.25) is 8.32 Å². The number of phenolic OH excluding ortho intramolecular Hbond substituents is 1. The molecule has 1 rings (SSSR count). The normalized spacial score (nSPS) is 9.31. The van der Waals surface area contributed by atoms with E-state index in [4.69, 9.17) is 4.74 Å². The van der Waals surface area contributed by atoms with Gasteiger partial charge < -0.3 is 9.84 Å². The molecule has 1 aromatic rings. The van der Waals surface area contributed by atoms with E-state index in [1.54, 1.807) is 41.1 Å². The molecular weight excluding hydrogens is 285 g/mol. The number of hydrogen-bond donors (Lipinski definition) is 2.